The van der Waals surface area contributed by atoms with Gasteiger partial charge in [0.1, 0.15) is 5.82 Å². The number of hydrogen-bond acceptors (Lipinski definition) is 4. The first-order chi connectivity index (χ1) is 10.1. The van der Waals surface area contributed by atoms with Crippen LogP contribution in [0.3, 0.4) is 0 Å². The van der Waals surface area contributed by atoms with Gasteiger partial charge in [0, 0.05) is 45.8 Å². The lowest BCUT2D eigenvalue weighted by Crippen LogP contribution is -2.28. The number of aryl methyl sites for hydroxylation is 2. The molecule has 0 unspecified atom stereocenters. The molecule has 118 valence electrons. The Hall–Kier alpha value is -1.07. The van der Waals surface area contributed by atoms with E-state index in [9.17, 15) is 0 Å². The van der Waals surface area contributed by atoms with Crippen LogP contribution in [-0.4, -0.2) is 54.5 Å². The first kappa shape index (κ1) is 14.9. The zero-order valence-corrected chi connectivity index (χ0v) is 13.9. The second-order valence-corrected chi connectivity index (χ2v) is 6.92. The summed E-state index contributed by atoms with van der Waals surface area (Å²) in [5, 5.41) is 8.22. The number of hydrogen-bond donors (Lipinski definition) is 1. The van der Waals surface area contributed by atoms with Crippen LogP contribution in [0.25, 0.3) is 0 Å². The summed E-state index contributed by atoms with van der Waals surface area (Å²) in [5.41, 5.74) is 2.47. The minimum Gasteiger partial charge on any atom is -0.363 e. The van der Waals surface area contributed by atoms with E-state index in [0.717, 1.165) is 30.7 Å². The van der Waals surface area contributed by atoms with E-state index in [0.29, 0.717) is 0 Å². The molecule has 3 rings (SSSR count). The highest BCUT2D eigenvalue weighted by Gasteiger charge is 2.34. The summed E-state index contributed by atoms with van der Waals surface area (Å²) in [6.07, 6.45) is 4.22. The van der Waals surface area contributed by atoms with Crippen molar-refractivity contribution >= 4 is 5.82 Å². The van der Waals surface area contributed by atoms with Crippen LogP contribution >= 0.6 is 0 Å². The van der Waals surface area contributed by atoms with Gasteiger partial charge in [0.25, 0.3) is 0 Å². The van der Waals surface area contributed by atoms with E-state index in [1.165, 1.54) is 43.7 Å². The molecule has 1 aromatic rings. The van der Waals surface area contributed by atoms with Gasteiger partial charge in [-0.3, -0.25) is 4.68 Å². The van der Waals surface area contributed by atoms with Crippen LogP contribution in [-0.2, 0) is 13.6 Å². The van der Waals surface area contributed by atoms with Crippen LogP contribution < -0.4 is 10.2 Å². The molecule has 5 heteroatoms. The van der Waals surface area contributed by atoms with Crippen LogP contribution in [0.5, 0.6) is 0 Å². The lowest BCUT2D eigenvalue weighted by atomic mass is 10.1. The standard InChI is InChI=1S/C16H29N5/c1-12-15(16(19(2)3)20(4)18-12)10-17-9-13-7-8-21(11-13)14-5-6-14/h13-14,17H,5-11H2,1-4H3/t13-/m0/s1. The molecule has 1 saturated heterocycles. The van der Waals surface area contributed by atoms with Gasteiger partial charge in [0.05, 0.1) is 5.69 Å². The fourth-order valence-corrected chi connectivity index (χ4v) is 3.66. The highest BCUT2D eigenvalue weighted by Crippen LogP contribution is 2.31. The minimum absolute atomic E-state index is 0.824. The summed E-state index contributed by atoms with van der Waals surface area (Å²) in [6, 6.07) is 0.927. The maximum absolute atomic E-state index is 4.55. The number of rotatable bonds is 6. The van der Waals surface area contributed by atoms with Gasteiger partial charge >= 0.3 is 0 Å². The second-order valence-electron chi connectivity index (χ2n) is 6.92. The van der Waals surface area contributed by atoms with E-state index in [1.807, 2.05) is 11.7 Å². The highest BCUT2D eigenvalue weighted by molar-refractivity contribution is 5.48. The molecule has 0 radical (unpaired) electrons. The summed E-state index contributed by atoms with van der Waals surface area (Å²) < 4.78 is 1.98. The molecule has 5 nitrogen and oxygen atoms in total. The Balaban J connectivity index is 1.51. The van der Waals surface area contributed by atoms with Crippen LogP contribution in [0, 0.1) is 12.8 Å². The molecule has 1 aromatic heterocycles. The number of likely N-dealkylation sites (tertiary alicyclic amines) is 1. The molecule has 2 fully saturated rings. The molecule has 0 spiro atoms. The molecule has 0 aromatic carbocycles. The quantitative estimate of drug-likeness (QED) is 0.859. The molecule has 0 bridgehead atoms. The number of nitrogens with zero attached hydrogens (tertiary/aromatic N) is 4. The summed E-state index contributed by atoms with van der Waals surface area (Å²) >= 11 is 0. The van der Waals surface area contributed by atoms with E-state index in [4.69, 9.17) is 0 Å². The van der Waals surface area contributed by atoms with Crippen molar-refractivity contribution in [2.24, 2.45) is 13.0 Å². The Morgan fingerprint density at radius 1 is 1.29 bits per heavy atom. The zero-order valence-electron chi connectivity index (χ0n) is 13.9. The van der Waals surface area contributed by atoms with Crippen molar-refractivity contribution < 1.29 is 0 Å². The molecule has 1 aliphatic heterocycles. The van der Waals surface area contributed by atoms with Gasteiger partial charge in [-0.15, -0.1) is 0 Å². The SMILES string of the molecule is Cc1nn(C)c(N(C)C)c1CNC[C@@H]1CCN(C2CC2)C1. The second kappa shape index (κ2) is 5.97. The van der Waals surface area contributed by atoms with Crippen molar-refractivity contribution in [1.29, 1.82) is 0 Å². The van der Waals surface area contributed by atoms with Crippen LogP contribution in [0.15, 0.2) is 0 Å². The van der Waals surface area contributed by atoms with Crippen LogP contribution in [0.4, 0.5) is 5.82 Å². The predicted molar refractivity (Wildman–Crippen MR) is 86.7 cm³/mol. The van der Waals surface area contributed by atoms with Crippen LogP contribution in [0.1, 0.15) is 30.5 Å². The molecule has 1 aliphatic carbocycles. The van der Waals surface area contributed by atoms with Crippen LogP contribution in [0.2, 0.25) is 0 Å². The lowest BCUT2D eigenvalue weighted by Gasteiger charge is -2.17. The molecule has 0 amide bonds. The normalized spacial score (nSPS) is 23.0. The Kier molecular flexibility index (Phi) is 4.22. The topological polar surface area (TPSA) is 36.3 Å². The Morgan fingerprint density at radius 3 is 2.71 bits per heavy atom. The number of aromatic nitrogens is 2. The smallest absolute Gasteiger partial charge is 0.130 e. The Morgan fingerprint density at radius 2 is 2.05 bits per heavy atom. The largest absolute Gasteiger partial charge is 0.363 e. The third-order valence-electron chi connectivity index (χ3n) is 4.85. The summed E-state index contributed by atoms with van der Waals surface area (Å²) in [4.78, 5) is 4.84. The van der Waals surface area contributed by atoms with Gasteiger partial charge in [0.2, 0.25) is 0 Å². The third-order valence-corrected chi connectivity index (χ3v) is 4.85. The summed E-state index contributed by atoms with van der Waals surface area (Å²) in [6.45, 7) is 6.77. The van der Waals surface area contributed by atoms with E-state index in [1.54, 1.807) is 0 Å². The third kappa shape index (κ3) is 3.24. The average molecular weight is 291 g/mol. The van der Waals surface area contributed by atoms with Crippen molar-refractivity contribution in [1.82, 2.24) is 20.0 Å². The first-order valence-electron chi connectivity index (χ1n) is 8.21. The van der Waals surface area contributed by atoms with E-state index < -0.39 is 0 Å². The van der Waals surface area contributed by atoms with Crippen molar-refractivity contribution in [3.8, 4) is 0 Å². The summed E-state index contributed by atoms with van der Waals surface area (Å²) in [5.74, 6) is 2.04. The first-order valence-corrected chi connectivity index (χ1v) is 8.21. The van der Waals surface area contributed by atoms with Gasteiger partial charge in [-0.1, -0.05) is 0 Å². The molecule has 2 aliphatic rings. The average Bonchev–Trinajstić information content (AvgIpc) is 3.09. The molecule has 1 atom stereocenters. The Bertz CT molecular complexity index is 489. The lowest BCUT2D eigenvalue weighted by molar-refractivity contribution is 0.312. The summed E-state index contributed by atoms with van der Waals surface area (Å²) in [7, 11) is 6.20. The number of nitrogens with one attached hydrogen (secondary N) is 1. The van der Waals surface area contributed by atoms with Gasteiger partial charge in [-0.25, -0.2) is 0 Å². The van der Waals surface area contributed by atoms with E-state index >= 15 is 0 Å². The van der Waals surface area contributed by atoms with Crippen molar-refractivity contribution in [3.05, 3.63) is 11.3 Å². The van der Waals surface area contributed by atoms with Gasteiger partial charge in [-0.2, -0.15) is 5.10 Å². The molecule has 1 N–H and O–H groups in total. The van der Waals surface area contributed by atoms with Crippen molar-refractivity contribution in [3.63, 3.8) is 0 Å². The predicted octanol–water partition coefficient (Wildman–Crippen LogP) is 1.37. The monoisotopic (exact) mass is 291 g/mol. The van der Waals surface area contributed by atoms with E-state index in [2.05, 4.69) is 41.2 Å². The zero-order chi connectivity index (χ0) is 15.0. The maximum atomic E-state index is 4.55. The molecule has 21 heavy (non-hydrogen) atoms. The molecular formula is C16H29N5. The van der Waals surface area contributed by atoms with Gasteiger partial charge < -0.3 is 15.1 Å². The van der Waals surface area contributed by atoms with E-state index in [-0.39, 0.29) is 0 Å². The van der Waals surface area contributed by atoms with Crippen molar-refractivity contribution in [2.45, 2.75) is 38.8 Å². The molecular weight excluding hydrogens is 262 g/mol. The Labute approximate surface area is 128 Å². The molecule has 2 heterocycles. The maximum Gasteiger partial charge on any atom is 0.130 e. The fourth-order valence-electron chi connectivity index (χ4n) is 3.66. The highest BCUT2D eigenvalue weighted by atomic mass is 15.4. The van der Waals surface area contributed by atoms with Gasteiger partial charge in [0.15, 0.2) is 0 Å². The molecule has 1 saturated carbocycles. The minimum atomic E-state index is 0.824. The van der Waals surface area contributed by atoms with Crippen molar-refractivity contribution in [2.75, 3.05) is 38.6 Å². The number of anilines is 1. The van der Waals surface area contributed by atoms with Gasteiger partial charge in [-0.05, 0) is 45.2 Å². The fraction of sp³-hybridized carbons (Fsp3) is 0.812.